The first-order valence-corrected chi connectivity index (χ1v) is 6.45. The van der Waals surface area contributed by atoms with Crippen LogP contribution in [0.4, 0.5) is 0 Å². The fourth-order valence-corrected chi connectivity index (χ4v) is 4.31. The minimum Gasteiger partial charge on any atom is -0.461 e. The van der Waals surface area contributed by atoms with Crippen LogP contribution in [0.25, 0.3) is 0 Å². The van der Waals surface area contributed by atoms with Crippen molar-refractivity contribution >= 4 is 15.8 Å². The molecule has 0 aliphatic carbocycles. The van der Waals surface area contributed by atoms with Crippen molar-refractivity contribution in [2.75, 3.05) is 5.75 Å². The zero-order valence-corrected chi connectivity index (χ0v) is 9.50. The van der Waals surface area contributed by atoms with Gasteiger partial charge in [-0.3, -0.25) is 4.79 Å². The number of carbonyl (C=O) groups is 1. The Bertz CT molecular complexity index is 318. The molecule has 0 aromatic carbocycles. The molecule has 0 aromatic rings. The maximum atomic E-state index is 11.6. The standard InChI is InChI=1S/C9H16O4S/c1-6(2)9-8(13-7(3)10)4-5-14(9,11)12/h6,8-9H,4-5H2,1-3H3/t8-,9-/m1/s1. The van der Waals surface area contributed by atoms with Crippen LogP contribution >= 0.6 is 0 Å². The fraction of sp³-hybridized carbons (Fsp3) is 0.889. The van der Waals surface area contributed by atoms with E-state index in [-0.39, 0.29) is 11.7 Å². The molecular formula is C9H16O4S. The van der Waals surface area contributed by atoms with Crippen LogP contribution < -0.4 is 0 Å². The van der Waals surface area contributed by atoms with Gasteiger partial charge in [-0.25, -0.2) is 8.42 Å². The van der Waals surface area contributed by atoms with Crippen molar-refractivity contribution in [2.45, 2.75) is 38.5 Å². The number of rotatable bonds is 2. The summed E-state index contributed by atoms with van der Waals surface area (Å²) >= 11 is 0. The zero-order valence-electron chi connectivity index (χ0n) is 8.69. The molecule has 0 amide bonds. The van der Waals surface area contributed by atoms with E-state index in [1.54, 1.807) is 0 Å². The largest absolute Gasteiger partial charge is 0.461 e. The summed E-state index contributed by atoms with van der Waals surface area (Å²) in [5, 5.41) is -0.522. The minimum atomic E-state index is -3.06. The summed E-state index contributed by atoms with van der Waals surface area (Å²) in [4.78, 5) is 10.8. The average Bonchev–Trinajstić information content (AvgIpc) is 2.24. The molecule has 0 saturated carbocycles. The van der Waals surface area contributed by atoms with E-state index in [4.69, 9.17) is 4.74 Å². The second-order valence-electron chi connectivity index (χ2n) is 4.01. The summed E-state index contributed by atoms with van der Waals surface area (Å²) in [5.41, 5.74) is 0. The SMILES string of the molecule is CC(=O)O[C@@H]1CCS(=O)(=O)[C@@H]1C(C)C. The summed E-state index contributed by atoms with van der Waals surface area (Å²) in [7, 11) is -3.06. The van der Waals surface area contributed by atoms with E-state index in [2.05, 4.69) is 0 Å². The van der Waals surface area contributed by atoms with Crippen molar-refractivity contribution in [1.82, 2.24) is 0 Å². The highest BCUT2D eigenvalue weighted by molar-refractivity contribution is 7.92. The third kappa shape index (κ3) is 2.26. The number of carbonyl (C=O) groups excluding carboxylic acids is 1. The van der Waals surface area contributed by atoms with E-state index >= 15 is 0 Å². The molecule has 1 rings (SSSR count). The van der Waals surface area contributed by atoms with Gasteiger partial charge in [0.1, 0.15) is 11.4 Å². The number of esters is 1. The van der Waals surface area contributed by atoms with Gasteiger partial charge in [-0.2, -0.15) is 0 Å². The molecule has 5 heteroatoms. The molecule has 2 atom stereocenters. The molecule has 0 unspecified atom stereocenters. The molecule has 0 radical (unpaired) electrons. The van der Waals surface area contributed by atoms with Crippen LogP contribution in [-0.2, 0) is 19.4 Å². The predicted molar refractivity (Wildman–Crippen MR) is 52.6 cm³/mol. The van der Waals surface area contributed by atoms with E-state index in [1.807, 2.05) is 13.8 Å². The molecule has 4 nitrogen and oxygen atoms in total. The van der Waals surface area contributed by atoms with Gasteiger partial charge in [0, 0.05) is 6.92 Å². The maximum Gasteiger partial charge on any atom is 0.302 e. The topological polar surface area (TPSA) is 60.4 Å². The highest BCUT2D eigenvalue weighted by Crippen LogP contribution is 2.29. The van der Waals surface area contributed by atoms with Crippen molar-refractivity contribution < 1.29 is 17.9 Å². The second kappa shape index (κ2) is 3.88. The summed E-state index contributed by atoms with van der Waals surface area (Å²) < 4.78 is 28.2. The maximum absolute atomic E-state index is 11.6. The molecule has 0 N–H and O–H groups in total. The van der Waals surface area contributed by atoms with E-state index in [1.165, 1.54) is 6.92 Å². The molecule has 82 valence electrons. The summed E-state index contributed by atoms with van der Waals surface area (Å²) in [5.74, 6) is -0.280. The predicted octanol–water partition coefficient (Wildman–Crippen LogP) is 0.761. The summed E-state index contributed by atoms with van der Waals surface area (Å²) in [6, 6.07) is 0. The van der Waals surface area contributed by atoms with Gasteiger partial charge >= 0.3 is 5.97 Å². The van der Waals surface area contributed by atoms with E-state index in [0.717, 1.165) is 0 Å². The lowest BCUT2D eigenvalue weighted by Gasteiger charge is -2.21. The Labute approximate surface area is 84.6 Å². The number of ether oxygens (including phenoxy) is 1. The average molecular weight is 220 g/mol. The molecule has 0 spiro atoms. The van der Waals surface area contributed by atoms with Crippen LogP contribution in [0.2, 0.25) is 0 Å². The van der Waals surface area contributed by atoms with Crippen molar-refractivity contribution in [2.24, 2.45) is 5.92 Å². The van der Waals surface area contributed by atoms with Crippen LogP contribution in [0.15, 0.2) is 0 Å². The molecule has 1 heterocycles. The minimum absolute atomic E-state index is 0.00755. The van der Waals surface area contributed by atoms with Crippen LogP contribution in [-0.4, -0.2) is 31.5 Å². The monoisotopic (exact) mass is 220 g/mol. The Hall–Kier alpha value is -0.580. The van der Waals surface area contributed by atoms with Gasteiger partial charge in [-0.1, -0.05) is 13.8 Å². The molecule has 1 saturated heterocycles. The number of hydrogen-bond donors (Lipinski definition) is 0. The highest BCUT2D eigenvalue weighted by Gasteiger charge is 2.43. The van der Waals surface area contributed by atoms with Crippen LogP contribution in [0, 0.1) is 5.92 Å². The summed E-state index contributed by atoms with van der Waals surface area (Å²) in [6.45, 7) is 4.98. The van der Waals surface area contributed by atoms with E-state index in [9.17, 15) is 13.2 Å². The normalized spacial score (nSPS) is 30.6. The van der Waals surface area contributed by atoms with Gasteiger partial charge < -0.3 is 4.74 Å². The van der Waals surface area contributed by atoms with Crippen LogP contribution in [0.3, 0.4) is 0 Å². The molecule has 1 fully saturated rings. The Morgan fingerprint density at radius 2 is 2.00 bits per heavy atom. The lowest BCUT2D eigenvalue weighted by molar-refractivity contribution is -0.146. The second-order valence-corrected chi connectivity index (χ2v) is 6.29. The van der Waals surface area contributed by atoms with Crippen LogP contribution in [0.1, 0.15) is 27.2 Å². The molecule has 1 aliphatic rings. The van der Waals surface area contributed by atoms with Gasteiger partial charge in [0.2, 0.25) is 0 Å². The highest BCUT2D eigenvalue weighted by atomic mass is 32.2. The quantitative estimate of drug-likeness (QED) is 0.645. The van der Waals surface area contributed by atoms with Gasteiger partial charge in [-0.05, 0) is 12.3 Å². The lowest BCUT2D eigenvalue weighted by atomic mass is 10.0. The smallest absolute Gasteiger partial charge is 0.302 e. The third-order valence-electron chi connectivity index (χ3n) is 2.44. The van der Waals surface area contributed by atoms with Crippen molar-refractivity contribution in [1.29, 1.82) is 0 Å². The van der Waals surface area contributed by atoms with Crippen molar-refractivity contribution in [3.8, 4) is 0 Å². The Morgan fingerprint density at radius 1 is 1.43 bits per heavy atom. The van der Waals surface area contributed by atoms with Gasteiger partial charge in [-0.15, -0.1) is 0 Å². The number of sulfone groups is 1. The third-order valence-corrected chi connectivity index (χ3v) is 4.92. The molecule has 0 aromatic heterocycles. The first-order chi connectivity index (χ1) is 6.34. The fourth-order valence-electron chi connectivity index (χ4n) is 2.00. The van der Waals surface area contributed by atoms with Crippen molar-refractivity contribution in [3.05, 3.63) is 0 Å². The Kier molecular flexibility index (Phi) is 3.19. The van der Waals surface area contributed by atoms with Gasteiger partial charge in [0.15, 0.2) is 9.84 Å². The number of hydrogen-bond acceptors (Lipinski definition) is 4. The van der Waals surface area contributed by atoms with Crippen molar-refractivity contribution in [3.63, 3.8) is 0 Å². The molecule has 1 aliphatic heterocycles. The molecule has 14 heavy (non-hydrogen) atoms. The Balaban J connectivity index is 2.85. The van der Waals surface area contributed by atoms with Crippen LogP contribution in [0.5, 0.6) is 0 Å². The molecule has 0 bridgehead atoms. The Morgan fingerprint density at radius 3 is 2.43 bits per heavy atom. The lowest BCUT2D eigenvalue weighted by Crippen LogP contribution is -2.34. The van der Waals surface area contributed by atoms with E-state index in [0.29, 0.717) is 6.42 Å². The zero-order chi connectivity index (χ0) is 10.9. The first kappa shape index (κ1) is 11.5. The first-order valence-electron chi connectivity index (χ1n) is 4.73. The molecular weight excluding hydrogens is 204 g/mol. The van der Waals surface area contributed by atoms with Gasteiger partial charge in [0.05, 0.1) is 5.75 Å². The van der Waals surface area contributed by atoms with Gasteiger partial charge in [0.25, 0.3) is 0 Å². The van der Waals surface area contributed by atoms with E-state index < -0.39 is 27.2 Å². The summed E-state index contributed by atoms with van der Waals surface area (Å²) in [6.07, 6.45) is -0.0115.